The largest absolute Gasteiger partial charge is 0.355 e. The Morgan fingerprint density at radius 3 is 2.79 bits per heavy atom. The lowest BCUT2D eigenvalue weighted by atomic mass is 10.1. The van der Waals surface area contributed by atoms with E-state index in [0.717, 1.165) is 18.9 Å². The van der Waals surface area contributed by atoms with Gasteiger partial charge in [-0.05, 0) is 31.6 Å². The third-order valence-corrected chi connectivity index (χ3v) is 2.82. The zero-order chi connectivity index (χ0) is 10.4. The fourth-order valence-electron chi connectivity index (χ4n) is 1.96. The van der Waals surface area contributed by atoms with Crippen LogP contribution in [0, 0.1) is 5.92 Å². The van der Waals surface area contributed by atoms with Gasteiger partial charge in [0.25, 0.3) is 0 Å². The molecule has 0 saturated heterocycles. The molecule has 1 saturated carbocycles. The van der Waals surface area contributed by atoms with Gasteiger partial charge in [0, 0.05) is 12.6 Å². The minimum atomic E-state index is 0.131. The number of rotatable bonds is 5. The molecule has 0 aromatic heterocycles. The zero-order valence-corrected chi connectivity index (χ0v) is 9.31. The number of nitrogens with one attached hydrogen (secondary N) is 2. The third-order valence-electron chi connectivity index (χ3n) is 2.82. The Bertz CT molecular complexity index is 182. The average Bonchev–Trinajstić information content (AvgIpc) is 2.58. The Hall–Kier alpha value is -0.570. The average molecular weight is 198 g/mol. The summed E-state index contributed by atoms with van der Waals surface area (Å²) in [4.78, 5) is 11.3. The van der Waals surface area contributed by atoms with Crippen LogP contribution in [0.3, 0.4) is 0 Å². The van der Waals surface area contributed by atoms with Crippen molar-refractivity contribution in [3.8, 4) is 0 Å². The van der Waals surface area contributed by atoms with Crippen LogP contribution in [-0.4, -0.2) is 25.0 Å². The van der Waals surface area contributed by atoms with Crippen LogP contribution in [0.25, 0.3) is 0 Å². The Kier molecular flexibility index (Phi) is 4.94. The minimum absolute atomic E-state index is 0.131. The quantitative estimate of drug-likeness (QED) is 0.699. The monoisotopic (exact) mass is 198 g/mol. The molecular formula is C11H22N2O. The second kappa shape index (κ2) is 6.02. The van der Waals surface area contributed by atoms with Crippen molar-refractivity contribution < 1.29 is 4.79 Å². The van der Waals surface area contributed by atoms with E-state index in [0.29, 0.717) is 12.6 Å². The van der Waals surface area contributed by atoms with Crippen molar-refractivity contribution in [2.75, 3.05) is 13.1 Å². The summed E-state index contributed by atoms with van der Waals surface area (Å²) in [5.74, 6) is 0.956. The van der Waals surface area contributed by atoms with E-state index in [1.165, 1.54) is 19.3 Å². The molecule has 1 aliphatic carbocycles. The first-order chi connectivity index (χ1) is 6.72. The van der Waals surface area contributed by atoms with E-state index in [4.69, 9.17) is 0 Å². The molecule has 2 N–H and O–H groups in total. The van der Waals surface area contributed by atoms with Crippen LogP contribution in [0.2, 0.25) is 0 Å². The molecule has 0 aromatic rings. The second-order valence-electron chi connectivity index (χ2n) is 4.35. The molecule has 1 rings (SSSR count). The van der Waals surface area contributed by atoms with Gasteiger partial charge in [0.1, 0.15) is 0 Å². The summed E-state index contributed by atoms with van der Waals surface area (Å²) in [6.07, 6.45) is 4.75. The highest BCUT2D eigenvalue weighted by Crippen LogP contribution is 2.24. The van der Waals surface area contributed by atoms with Crippen molar-refractivity contribution in [3.05, 3.63) is 0 Å². The highest BCUT2D eigenvalue weighted by molar-refractivity contribution is 5.77. The smallest absolute Gasteiger partial charge is 0.233 e. The SMILES string of the molecule is CCCNC(=O)CNC1CCC(C)C1. The maximum atomic E-state index is 11.3. The van der Waals surface area contributed by atoms with Gasteiger partial charge in [0.05, 0.1) is 6.54 Å². The maximum absolute atomic E-state index is 11.3. The lowest BCUT2D eigenvalue weighted by Gasteiger charge is -2.11. The van der Waals surface area contributed by atoms with Crippen molar-refractivity contribution >= 4 is 5.91 Å². The van der Waals surface area contributed by atoms with Gasteiger partial charge in [-0.25, -0.2) is 0 Å². The summed E-state index contributed by atoms with van der Waals surface area (Å²) in [6, 6.07) is 0.567. The maximum Gasteiger partial charge on any atom is 0.233 e. The summed E-state index contributed by atoms with van der Waals surface area (Å²) in [5, 5.41) is 6.17. The first-order valence-corrected chi connectivity index (χ1v) is 5.72. The summed E-state index contributed by atoms with van der Waals surface area (Å²) in [6.45, 7) is 5.62. The predicted molar refractivity (Wildman–Crippen MR) is 58.1 cm³/mol. The highest BCUT2D eigenvalue weighted by Gasteiger charge is 2.20. The van der Waals surface area contributed by atoms with E-state index >= 15 is 0 Å². The standard InChI is InChI=1S/C11H22N2O/c1-3-6-12-11(14)8-13-10-5-4-9(2)7-10/h9-10,13H,3-8H2,1-2H3,(H,12,14). The molecule has 82 valence electrons. The molecule has 2 unspecified atom stereocenters. The van der Waals surface area contributed by atoms with Gasteiger partial charge in [0.15, 0.2) is 0 Å². The molecule has 2 atom stereocenters. The molecule has 0 aromatic carbocycles. The summed E-state index contributed by atoms with van der Waals surface area (Å²) >= 11 is 0. The van der Waals surface area contributed by atoms with E-state index < -0.39 is 0 Å². The number of carbonyl (C=O) groups is 1. The molecule has 1 amide bonds. The summed E-state index contributed by atoms with van der Waals surface area (Å²) < 4.78 is 0. The number of hydrogen-bond donors (Lipinski definition) is 2. The van der Waals surface area contributed by atoms with Crippen LogP contribution in [0.5, 0.6) is 0 Å². The van der Waals surface area contributed by atoms with Crippen LogP contribution in [0.4, 0.5) is 0 Å². The third kappa shape index (κ3) is 4.09. The van der Waals surface area contributed by atoms with Crippen LogP contribution in [-0.2, 0) is 4.79 Å². The van der Waals surface area contributed by atoms with Crippen molar-refractivity contribution in [3.63, 3.8) is 0 Å². The molecule has 0 heterocycles. The molecule has 0 spiro atoms. The number of amides is 1. The molecule has 1 aliphatic rings. The van der Waals surface area contributed by atoms with Gasteiger partial charge in [-0.15, -0.1) is 0 Å². The Balaban J connectivity index is 2.05. The molecule has 3 heteroatoms. The van der Waals surface area contributed by atoms with Crippen molar-refractivity contribution in [2.45, 2.75) is 45.6 Å². The van der Waals surface area contributed by atoms with Crippen LogP contribution < -0.4 is 10.6 Å². The first-order valence-electron chi connectivity index (χ1n) is 5.72. The molecule has 0 aliphatic heterocycles. The molecule has 0 bridgehead atoms. The second-order valence-corrected chi connectivity index (χ2v) is 4.35. The highest BCUT2D eigenvalue weighted by atomic mass is 16.1. The molecule has 3 nitrogen and oxygen atoms in total. The van der Waals surface area contributed by atoms with Crippen molar-refractivity contribution in [1.82, 2.24) is 10.6 Å². The van der Waals surface area contributed by atoms with E-state index in [9.17, 15) is 4.79 Å². The minimum Gasteiger partial charge on any atom is -0.355 e. The van der Waals surface area contributed by atoms with Gasteiger partial charge < -0.3 is 10.6 Å². The van der Waals surface area contributed by atoms with Crippen LogP contribution in [0.15, 0.2) is 0 Å². The van der Waals surface area contributed by atoms with E-state index in [-0.39, 0.29) is 5.91 Å². The predicted octanol–water partition coefficient (Wildman–Crippen LogP) is 1.29. The van der Waals surface area contributed by atoms with Gasteiger partial charge in [-0.1, -0.05) is 13.8 Å². The molecule has 14 heavy (non-hydrogen) atoms. The molecule has 1 fully saturated rings. The van der Waals surface area contributed by atoms with Crippen molar-refractivity contribution in [2.24, 2.45) is 5.92 Å². The van der Waals surface area contributed by atoms with E-state index in [1.54, 1.807) is 0 Å². The van der Waals surface area contributed by atoms with Gasteiger partial charge in [-0.3, -0.25) is 4.79 Å². The van der Waals surface area contributed by atoms with Gasteiger partial charge in [0.2, 0.25) is 5.91 Å². The van der Waals surface area contributed by atoms with E-state index in [1.807, 2.05) is 0 Å². The van der Waals surface area contributed by atoms with Crippen LogP contribution in [0.1, 0.15) is 39.5 Å². The van der Waals surface area contributed by atoms with Gasteiger partial charge >= 0.3 is 0 Å². The number of carbonyl (C=O) groups excluding carboxylic acids is 1. The lowest BCUT2D eigenvalue weighted by Crippen LogP contribution is -2.38. The summed E-state index contributed by atoms with van der Waals surface area (Å²) in [5.41, 5.74) is 0. The first kappa shape index (κ1) is 11.5. The topological polar surface area (TPSA) is 41.1 Å². The fraction of sp³-hybridized carbons (Fsp3) is 0.909. The van der Waals surface area contributed by atoms with Gasteiger partial charge in [-0.2, -0.15) is 0 Å². The Labute approximate surface area is 86.6 Å². The van der Waals surface area contributed by atoms with E-state index in [2.05, 4.69) is 24.5 Å². The normalized spacial score (nSPS) is 26.4. The molecular weight excluding hydrogens is 176 g/mol. The van der Waals surface area contributed by atoms with Crippen LogP contribution >= 0.6 is 0 Å². The lowest BCUT2D eigenvalue weighted by molar-refractivity contribution is -0.120. The Morgan fingerprint density at radius 1 is 1.43 bits per heavy atom. The van der Waals surface area contributed by atoms with Crippen molar-refractivity contribution in [1.29, 1.82) is 0 Å². The Morgan fingerprint density at radius 2 is 2.21 bits per heavy atom. The fourth-order valence-corrected chi connectivity index (χ4v) is 1.96. The molecule has 0 radical (unpaired) electrons. The number of hydrogen-bond acceptors (Lipinski definition) is 2. The zero-order valence-electron chi connectivity index (χ0n) is 9.31. The summed E-state index contributed by atoms with van der Waals surface area (Å²) in [7, 11) is 0.